The average molecular weight is 467 g/mol. The smallest absolute Gasteiger partial charge is 0.356 e. The molecule has 1 aromatic heterocycles. The zero-order valence-corrected chi connectivity index (χ0v) is 19.7. The van der Waals surface area contributed by atoms with E-state index in [4.69, 9.17) is 9.84 Å². The summed E-state index contributed by atoms with van der Waals surface area (Å²) in [7, 11) is -2.52. The molecule has 0 bridgehead atoms. The van der Waals surface area contributed by atoms with Crippen LogP contribution in [-0.2, 0) is 21.9 Å². The molecule has 0 fully saturated rings. The van der Waals surface area contributed by atoms with Gasteiger partial charge >= 0.3 is 5.97 Å². The Kier molecular flexibility index (Phi) is 8.39. The molecular weight excluding hydrogens is 436 g/mol. The number of hydrogen-bond donors (Lipinski definition) is 3. The Hall–Kier alpha value is -2.92. The summed E-state index contributed by atoms with van der Waals surface area (Å²) in [6.45, 7) is 7.41. The van der Waals surface area contributed by atoms with Gasteiger partial charge in [-0.1, -0.05) is 20.8 Å². The van der Waals surface area contributed by atoms with Gasteiger partial charge in [-0.05, 0) is 44.4 Å². The highest BCUT2D eigenvalue weighted by atomic mass is 32.2. The summed E-state index contributed by atoms with van der Waals surface area (Å²) >= 11 is 0. The fraction of sp³-hybridized carbons (Fsp3) is 0.476. The average Bonchev–Trinajstić information content (AvgIpc) is 3.10. The lowest BCUT2D eigenvalue weighted by Gasteiger charge is -2.18. The van der Waals surface area contributed by atoms with E-state index in [-0.39, 0.29) is 40.1 Å². The first-order valence-corrected chi connectivity index (χ1v) is 11.9. The standard InChI is InChI=1S/C21H30N4O6S/c1-6-13(4)24-32(29,30)18-11-15(22-20(26)14(7-2)8-3)9-10-17(18)31-19-12-16(21(27)28)23-25(19)5/h9-14,24H,6-8H2,1-5H3,(H,22,26)(H,27,28)/t13-/m1/s1. The number of rotatable bonds is 11. The Balaban J connectivity index is 2.48. The molecule has 176 valence electrons. The van der Waals surface area contributed by atoms with Gasteiger partial charge in [0.05, 0.1) is 0 Å². The van der Waals surface area contributed by atoms with E-state index in [1.807, 2.05) is 20.8 Å². The zero-order chi connectivity index (χ0) is 24.1. The number of benzene rings is 1. The number of carbonyl (C=O) groups is 2. The SMILES string of the molecule is CCC(CC)C(=O)Nc1ccc(Oc2cc(C(=O)O)nn2C)c(S(=O)(=O)N[C@H](C)CC)c1. The lowest BCUT2D eigenvalue weighted by molar-refractivity contribution is -0.120. The predicted molar refractivity (Wildman–Crippen MR) is 119 cm³/mol. The van der Waals surface area contributed by atoms with Gasteiger partial charge in [-0.25, -0.2) is 22.6 Å². The molecule has 1 atom stereocenters. The molecule has 11 heteroatoms. The van der Waals surface area contributed by atoms with E-state index in [9.17, 15) is 18.0 Å². The van der Waals surface area contributed by atoms with Crippen molar-refractivity contribution < 1.29 is 27.9 Å². The molecular formula is C21H30N4O6S. The Morgan fingerprint density at radius 3 is 2.34 bits per heavy atom. The van der Waals surface area contributed by atoms with Crippen LogP contribution < -0.4 is 14.8 Å². The van der Waals surface area contributed by atoms with Crippen molar-refractivity contribution in [2.24, 2.45) is 13.0 Å². The number of amides is 1. The summed E-state index contributed by atoms with van der Waals surface area (Å²) in [5.41, 5.74) is 0.0775. The van der Waals surface area contributed by atoms with Crippen LogP contribution in [-0.4, -0.2) is 41.2 Å². The number of nitrogens with one attached hydrogen (secondary N) is 2. The highest BCUT2D eigenvalue weighted by Crippen LogP contribution is 2.32. The predicted octanol–water partition coefficient (Wildman–Crippen LogP) is 3.36. The maximum atomic E-state index is 13.1. The van der Waals surface area contributed by atoms with Gasteiger partial charge in [0, 0.05) is 30.8 Å². The number of carbonyl (C=O) groups excluding carboxylic acids is 1. The number of aromatic nitrogens is 2. The molecule has 32 heavy (non-hydrogen) atoms. The summed E-state index contributed by atoms with van der Waals surface area (Å²) in [6, 6.07) is 5.15. The van der Waals surface area contributed by atoms with Gasteiger partial charge in [0.2, 0.25) is 21.8 Å². The fourth-order valence-electron chi connectivity index (χ4n) is 2.96. The Morgan fingerprint density at radius 1 is 1.16 bits per heavy atom. The third-order valence-electron chi connectivity index (χ3n) is 5.10. The van der Waals surface area contributed by atoms with Crippen LogP contribution in [0.1, 0.15) is 57.4 Å². The fourth-order valence-corrected chi connectivity index (χ4v) is 4.44. The monoisotopic (exact) mass is 466 g/mol. The molecule has 0 aliphatic rings. The molecule has 0 unspecified atom stereocenters. The summed E-state index contributed by atoms with van der Waals surface area (Å²) in [5.74, 6) is -1.59. The second kappa shape index (κ2) is 10.6. The molecule has 0 radical (unpaired) electrons. The van der Waals surface area contributed by atoms with Gasteiger partial charge in [0.15, 0.2) is 5.69 Å². The third kappa shape index (κ3) is 6.07. The number of aromatic carboxylic acids is 1. The van der Waals surface area contributed by atoms with E-state index < -0.39 is 16.0 Å². The summed E-state index contributed by atoms with van der Waals surface area (Å²) in [5, 5.41) is 15.7. The first-order chi connectivity index (χ1) is 15.0. The molecule has 0 saturated carbocycles. The van der Waals surface area contributed by atoms with Crippen molar-refractivity contribution in [1.29, 1.82) is 0 Å². The second-order valence-corrected chi connectivity index (χ2v) is 9.18. The minimum atomic E-state index is -4.01. The van der Waals surface area contributed by atoms with Crippen molar-refractivity contribution in [3.05, 3.63) is 30.0 Å². The Labute approximate surface area is 188 Å². The number of sulfonamides is 1. The number of aryl methyl sites for hydroxylation is 1. The number of nitrogens with zero attached hydrogens (tertiary/aromatic N) is 2. The van der Waals surface area contributed by atoms with Gasteiger partial charge in [-0.3, -0.25) is 4.79 Å². The molecule has 0 saturated heterocycles. The van der Waals surface area contributed by atoms with E-state index in [0.717, 1.165) is 0 Å². The minimum Gasteiger partial charge on any atom is -0.476 e. The molecule has 0 aliphatic heterocycles. The van der Waals surface area contributed by atoms with Gasteiger partial charge in [-0.2, -0.15) is 5.10 Å². The largest absolute Gasteiger partial charge is 0.476 e. The Bertz CT molecular complexity index is 1080. The quantitative estimate of drug-likeness (QED) is 0.461. The second-order valence-electron chi connectivity index (χ2n) is 7.49. The molecule has 1 aromatic carbocycles. The van der Waals surface area contributed by atoms with Crippen LogP contribution in [0.5, 0.6) is 11.6 Å². The number of ether oxygens (including phenoxy) is 1. The molecule has 10 nitrogen and oxygen atoms in total. The van der Waals surface area contributed by atoms with Crippen LogP contribution in [0.25, 0.3) is 0 Å². The van der Waals surface area contributed by atoms with Gasteiger partial charge in [0.1, 0.15) is 10.6 Å². The van der Waals surface area contributed by atoms with E-state index >= 15 is 0 Å². The first kappa shape index (κ1) is 25.3. The van der Waals surface area contributed by atoms with Crippen molar-refractivity contribution in [3.8, 4) is 11.6 Å². The highest BCUT2D eigenvalue weighted by molar-refractivity contribution is 7.89. The molecule has 3 N–H and O–H groups in total. The molecule has 1 heterocycles. The van der Waals surface area contributed by atoms with Crippen molar-refractivity contribution in [3.63, 3.8) is 0 Å². The van der Waals surface area contributed by atoms with Crippen LogP contribution in [0.15, 0.2) is 29.2 Å². The van der Waals surface area contributed by atoms with E-state index in [1.165, 1.54) is 36.0 Å². The lowest BCUT2D eigenvalue weighted by atomic mass is 10.0. The number of carboxylic acids is 1. The maximum Gasteiger partial charge on any atom is 0.356 e. The van der Waals surface area contributed by atoms with Crippen LogP contribution in [0.4, 0.5) is 5.69 Å². The van der Waals surface area contributed by atoms with Crippen molar-refractivity contribution >= 4 is 27.6 Å². The van der Waals surface area contributed by atoms with E-state index in [1.54, 1.807) is 6.92 Å². The number of anilines is 1. The lowest BCUT2D eigenvalue weighted by Crippen LogP contribution is -2.32. The summed E-state index contributed by atoms with van der Waals surface area (Å²) < 4.78 is 35.7. The van der Waals surface area contributed by atoms with Gasteiger partial charge in [-0.15, -0.1) is 0 Å². The summed E-state index contributed by atoms with van der Waals surface area (Å²) in [4.78, 5) is 23.5. The maximum absolute atomic E-state index is 13.1. The van der Waals surface area contributed by atoms with Crippen LogP contribution >= 0.6 is 0 Å². The molecule has 1 amide bonds. The van der Waals surface area contributed by atoms with E-state index in [0.29, 0.717) is 24.9 Å². The third-order valence-corrected chi connectivity index (χ3v) is 6.71. The Morgan fingerprint density at radius 2 is 1.81 bits per heavy atom. The molecule has 2 aromatic rings. The highest BCUT2D eigenvalue weighted by Gasteiger charge is 2.25. The molecule has 0 aliphatic carbocycles. The number of hydrogen-bond acceptors (Lipinski definition) is 6. The normalized spacial score (nSPS) is 12.6. The number of carboxylic acid groups (broad SMARTS) is 1. The van der Waals surface area contributed by atoms with Gasteiger partial charge < -0.3 is 15.2 Å². The van der Waals surface area contributed by atoms with E-state index in [2.05, 4.69) is 15.1 Å². The van der Waals surface area contributed by atoms with Crippen LogP contribution in [0.2, 0.25) is 0 Å². The van der Waals surface area contributed by atoms with Crippen LogP contribution in [0.3, 0.4) is 0 Å². The topological polar surface area (TPSA) is 140 Å². The van der Waals surface area contributed by atoms with Crippen molar-refractivity contribution in [2.75, 3.05) is 5.32 Å². The van der Waals surface area contributed by atoms with Crippen molar-refractivity contribution in [1.82, 2.24) is 14.5 Å². The first-order valence-electron chi connectivity index (χ1n) is 10.4. The minimum absolute atomic E-state index is 0.0266. The van der Waals surface area contributed by atoms with Crippen LogP contribution in [0, 0.1) is 5.92 Å². The zero-order valence-electron chi connectivity index (χ0n) is 18.9. The molecule has 0 spiro atoms. The summed E-state index contributed by atoms with van der Waals surface area (Å²) in [6.07, 6.45) is 1.90. The molecule has 2 rings (SSSR count). The van der Waals surface area contributed by atoms with Gasteiger partial charge in [0.25, 0.3) is 0 Å². The van der Waals surface area contributed by atoms with Crippen molar-refractivity contribution in [2.45, 2.75) is 57.9 Å².